The van der Waals surface area contributed by atoms with Crippen molar-refractivity contribution in [1.29, 1.82) is 0 Å². The minimum atomic E-state index is -0.0135. The van der Waals surface area contributed by atoms with Crippen molar-refractivity contribution in [3.8, 4) is 0 Å². The Labute approximate surface area is 106 Å². The Morgan fingerprint density at radius 1 is 1.39 bits per heavy atom. The van der Waals surface area contributed by atoms with Gasteiger partial charge < -0.3 is 5.73 Å². The molecule has 4 heteroatoms. The van der Waals surface area contributed by atoms with Crippen LogP contribution in [0.1, 0.15) is 34.8 Å². The number of nitrogen functional groups attached to an aromatic ring is 1. The molecule has 0 radical (unpaired) electrons. The van der Waals surface area contributed by atoms with Crippen LogP contribution in [0.5, 0.6) is 0 Å². The summed E-state index contributed by atoms with van der Waals surface area (Å²) in [6.45, 7) is 4.80. The number of ketones is 1. The van der Waals surface area contributed by atoms with Crippen LogP contribution in [0.2, 0.25) is 0 Å². The van der Waals surface area contributed by atoms with Crippen molar-refractivity contribution in [3.05, 3.63) is 47.3 Å². The van der Waals surface area contributed by atoms with Gasteiger partial charge in [-0.05, 0) is 37.1 Å². The first-order valence-corrected chi connectivity index (χ1v) is 6.05. The first-order valence-electron chi connectivity index (χ1n) is 6.05. The van der Waals surface area contributed by atoms with Gasteiger partial charge in [0, 0.05) is 24.0 Å². The summed E-state index contributed by atoms with van der Waals surface area (Å²) in [7, 11) is 0. The third-order valence-electron chi connectivity index (χ3n) is 2.88. The van der Waals surface area contributed by atoms with Crippen LogP contribution in [0.4, 0.5) is 5.69 Å². The van der Waals surface area contributed by atoms with Crippen LogP contribution in [0.3, 0.4) is 0 Å². The fourth-order valence-corrected chi connectivity index (χ4v) is 1.82. The smallest absolute Gasteiger partial charge is 0.196 e. The van der Waals surface area contributed by atoms with Crippen molar-refractivity contribution in [2.24, 2.45) is 0 Å². The minimum absolute atomic E-state index is 0.0135. The van der Waals surface area contributed by atoms with Crippen molar-refractivity contribution in [2.75, 3.05) is 5.73 Å². The van der Waals surface area contributed by atoms with Crippen LogP contribution >= 0.6 is 0 Å². The van der Waals surface area contributed by atoms with Crippen LogP contribution in [0.15, 0.2) is 30.6 Å². The van der Waals surface area contributed by atoms with E-state index >= 15 is 0 Å². The summed E-state index contributed by atoms with van der Waals surface area (Å²) in [6, 6.07) is 5.33. The zero-order chi connectivity index (χ0) is 13.1. The summed E-state index contributed by atoms with van der Waals surface area (Å²) < 4.78 is 1.79. The van der Waals surface area contributed by atoms with E-state index < -0.39 is 0 Å². The van der Waals surface area contributed by atoms with Gasteiger partial charge in [0.1, 0.15) is 0 Å². The number of benzene rings is 1. The summed E-state index contributed by atoms with van der Waals surface area (Å²) in [6.07, 6.45) is 4.40. The van der Waals surface area contributed by atoms with E-state index in [9.17, 15) is 4.79 Å². The lowest BCUT2D eigenvalue weighted by molar-refractivity contribution is 0.103. The Bertz CT molecular complexity index is 572. The monoisotopic (exact) mass is 243 g/mol. The molecule has 0 aliphatic rings. The van der Waals surface area contributed by atoms with Crippen molar-refractivity contribution < 1.29 is 4.79 Å². The Morgan fingerprint density at radius 3 is 2.83 bits per heavy atom. The SMILES string of the molecule is CCCn1cc(C(=O)c2ccc(N)c(C)c2)cn1. The van der Waals surface area contributed by atoms with E-state index in [1.807, 2.05) is 13.0 Å². The molecule has 0 bridgehead atoms. The van der Waals surface area contributed by atoms with Crippen LogP contribution < -0.4 is 5.73 Å². The molecule has 0 atom stereocenters. The van der Waals surface area contributed by atoms with E-state index in [1.54, 1.807) is 29.2 Å². The summed E-state index contributed by atoms with van der Waals surface area (Å²) in [5, 5.41) is 4.16. The molecule has 0 amide bonds. The largest absolute Gasteiger partial charge is 0.399 e. The highest BCUT2D eigenvalue weighted by Crippen LogP contribution is 2.16. The molecule has 0 saturated carbocycles. The first-order chi connectivity index (χ1) is 8.61. The van der Waals surface area contributed by atoms with Crippen molar-refractivity contribution in [2.45, 2.75) is 26.8 Å². The lowest BCUT2D eigenvalue weighted by Crippen LogP contribution is -2.02. The second-order valence-electron chi connectivity index (χ2n) is 4.39. The molecule has 1 aromatic heterocycles. The van der Waals surface area contributed by atoms with Crippen LogP contribution in [0.25, 0.3) is 0 Å². The van der Waals surface area contributed by atoms with Crippen LogP contribution in [-0.2, 0) is 6.54 Å². The average Bonchev–Trinajstić information content (AvgIpc) is 2.81. The number of aryl methyl sites for hydroxylation is 2. The van der Waals surface area contributed by atoms with Crippen LogP contribution in [0, 0.1) is 6.92 Å². The van der Waals surface area contributed by atoms with Gasteiger partial charge in [0.05, 0.1) is 11.8 Å². The van der Waals surface area contributed by atoms with E-state index in [-0.39, 0.29) is 5.78 Å². The van der Waals surface area contributed by atoms with Gasteiger partial charge >= 0.3 is 0 Å². The number of rotatable bonds is 4. The highest BCUT2D eigenvalue weighted by atomic mass is 16.1. The third-order valence-corrected chi connectivity index (χ3v) is 2.88. The van der Waals surface area contributed by atoms with Gasteiger partial charge in [-0.2, -0.15) is 5.10 Å². The van der Waals surface area contributed by atoms with Crippen molar-refractivity contribution >= 4 is 11.5 Å². The number of nitrogens with two attached hydrogens (primary N) is 1. The summed E-state index contributed by atoms with van der Waals surface area (Å²) in [5.74, 6) is -0.0135. The molecule has 0 saturated heterocycles. The molecular formula is C14H17N3O. The highest BCUT2D eigenvalue weighted by molar-refractivity contribution is 6.09. The summed E-state index contributed by atoms with van der Waals surface area (Å²) in [5.41, 5.74) is 8.63. The molecule has 2 rings (SSSR count). The second kappa shape index (κ2) is 5.04. The van der Waals surface area contributed by atoms with Gasteiger partial charge in [0.15, 0.2) is 5.78 Å². The normalized spacial score (nSPS) is 10.6. The molecule has 0 aliphatic heterocycles. The lowest BCUT2D eigenvalue weighted by Gasteiger charge is -2.03. The van der Waals surface area contributed by atoms with Gasteiger partial charge in [0.25, 0.3) is 0 Å². The molecule has 4 nitrogen and oxygen atoms in total. The first kappa shape index (κ1) is 12.4. The molecule has 94 valence electrons. The number of carbonyl (C=O) groups is 1. The van der Waals surface area contributed by atoms with E-state index in [0.717, 1.165) is 18.5 Å². The van der Waals surface area contributed by atoms with E-state index in [1.165, 1.54) is 0 Å². The Hall–Kier alpha value is -2.10. The van der Waals surface area contributed by atoms with Crippen molar-refractivity contribution in [3.63, 3.8) is 0 Å². The van der Waals surface area contributed by atoms with Gasteiger partial charge in [-0.1, -0.05) is 6.92 Å². The standard InChI is InChI=1S/C14H17N3O/c1-3-6-17-9-12(8-16-17)14(18)11-4-5-13(15)10(2)7-11/h4-5,7-9H,3,6,15H2,1-2H3. The molecule has 2 N–H and O–H groups in total. The average molecular weight is 243 g/mol. The maximum atomic E-state index is 12.2. The molecule has 0 aliphatic carbocycles. The highest BCUT2D eigenvalue weighted by Gasteiger charge is 2.12. The predicted molar refractivity (Wildman–Crippen MR) is 71.5 cm³/mol. The van der Waals surface area contributed by atoms with E-state index in [4.69, 9.17) is 5.73 Å². The molecule has 1 heterocycles. The number of hydrogen-bond donors (Lipinski definition) is 1. The zero-order valence-electron chi connectivity index (χ0n) is 10.7. The predicted octanol–water partition coefficient (Wildman–Crippen LogP) is 2.41. The fourth-order valence-electron chi connectivity index (χ4n) is 1.82. The van der Waals surface area contributed by atoms with Gasteiger partial charge in [-0.15, -0.1) is 0 Å². The summed E-state index contributed by atoms with van der Waals surface area (Å²) >= 11 is 0. The molecule has 0 unspecified atom stereocenters. The Balaban J connectivity index is 2.26. The lowest BCUT2D eigenvalue weighted by atomic mass is 10.0. The number of hydrogen-bond acceptors (Lipinski definition) is 3. The summed E-state index contributed by atoms with van der Waals surface area (Å²) in [4.78, 5) is 12.2. The van der Waals surface area contributed by atoms with Crippen molar-refractivity contribution in [1.82, 2.24) is 9.78 Å². The Morgan fingerprint density at radius 2 is 2.17 bits per heavy atom. The molecule has 2 aromatic rings. The number of carbonyl (C=O) groups excluding carboxylic acids is 1. The number of nitrogens with zero attached hydrogens (tertiary/aromatic N) is 2. The van der Waals surface area contributed by atoms with Gasteiger partial charge in [0.2, 0.25) is 0 Å². The molecular weight excluding hydrogens is 226 g/mol. The quantitative estimate of drug-likeness (QED) is 0.662. The van der Waals surface area contributed by atoms with Gasteiger partial charge in [-0.25, -0.2) is 0 Å². The number of aromatic nitrogens is 2. The second-order valence-corrected chi connectivity index (χ2v) is 4.39. The Kier molecular flexibility index (Phi) is 3.46. The maximum absolute atomic E-state index is 12.2. The number of anilines is 1. The van der Waals surface area contributed by atoms with E-state index in [2.05, 4.69) is 12.0 Å². The van der Waals surface area contributed by atoms with E-state index in [0.29, 0.717) is 16.8 Å². The molecule has 0 spiro atoms. The minimum Gasteiger partial charge on any atom is -0.399 e. The molecule has 1 aromatic carbocycles. The maximum Gasteiger partial charge on any atom is 0.196 e. The van der Waals surface area contributed by atoms with Gasteiger partial charge in [-0.3, -0.25) is 9.48 Å². The topological polar surface area (TPSA) is 60.9 Å². The fraction of sp³-hybridized carbons (Fsp3) is 0.286. The third kappa shape index (κ3) is 2.42. The molecule has 18 heavy (non-hydrogen) atoms. The molecule has 0 fully saturated rings. The van der Waals surface area contributed by atoms with Crippen LogP contribution in [-0.4, -0.2) is 15.6 Å². The zero-order valence-corrected chi connectivity index (χ0v) is 10.7.